The maximum absolute atomic E-state index is 13.8. The Bertz CT molecular complexity index is 1570. The van der Waals surface area contributed by atoms with E-state index in [2.05, 4.69) is 22.4 Å². The average Bonchev–Trinajstić information content (AvgIpc) is 3.52. The SMILES string of the molecule is O=C(N[C@H]1c2ccccc2C[C@H]1O)[C@H](Cc1ccccc1)C[C@H](O)CN1C(=O)N(Cc2ccncc2)C[C@@H]1Cc1ccccc1. The number of fused-ring (bicyclic) bond motifs is 1. The van der Waals surface area contributed by atoms with Gasteiger partial charge in [-0.15, -0.1) is 0 Å². The molecule has 6 rings (SSSR count). The highest BCUT2D eigenvalue weighted by molar-refractivity contribution is 5.80. The molecule has 0 spiro atoms. The van der Waals surface area contributed by atoms with Crippen LogP contribution >= 0.6 is 0 Å². The van der Waals surface area contributed by atoms with Gasteiger partial charge < -0.3 is 25.3 Å². The van der Waals surface area contributed by atoms with Crippen LogP contribution < -0.4 is 5.32 Å². The molecule has 2 aliphatic rings. The van der Waals surface area contributed by atoms with Crippen molar-refractivity contribution >= 4 is 11.9 Å². The lowest BCUT2D eigenvalue weighted by molar-refractivity contribution is -0.127. The molecule has 232 valence electrons. The minimum atomic E-state index is -0.923. The molecule has 8 heteroatoms. The van der Waals surface area contributed by atoms with Gasteiger partial charge in [0.25, 0.3) is 0 Å². The minimum Gasteiger partial charge on any atom is -0.391 e. The Hall–Kier alpha value is -4.53. The summed E-state index contributed by atoms with van der Waals surface area (Å²) in [5.74, 6) is -0.771. The van der Waals surface area contributed by atoms with Crippen molar-refractivity contribution in [1.29, 1.82) is 0 Å². The Morgan fingerprint density at radius 1 is 0.889 bits per heavy atom. The van der Waals surface area contributed by atoms with Gasteiger partial charge in [0.1, 0.15) is 0 Å². The summed E-state index contributed by atoms with van der Waals surface area (Å²) >= 11 is 0. The number of carbonyl (C=O) groups excluding carboxylic acids is 2. The fourth-order valence-electron chi connectivity index (χ4n) is 6.73. The standard InChI is InChI=1S/C37H40N4O4/c42-32(25-41-31(20-27-11-5-2-6-12-27)24-40(37(41)45)23-28-15-17-38-18-16-28)21-30(19-26-9-3-1-4-10-26)36(44)39-35-33-14-8-7-13-29(33)22-34(35)43/h1-18,30-32,34-35,42-43H,19-25H2,(H,39,44)/t30-,31+,32+,34-,35+/m1/s1. The molecule has 8 nitrogen and oxygen atoms in total. The zero-order chi connectivity index (χ0) is 31.2. The van der Waals surface area contributed by atoms with Gasteiger partial charge >= 0.3 is 6.03 Å². The lowest BCUT2D eigenvalue weighted by Crippen LogP contribution is -2.44. The number of rotatable bonds is 12. The summed E-state index contributed by atoms with van der Waals surface area (Å²) in [7, 11) is 0. The van der Waals surface area contributed by atoms with Gasteiger partial charge in [-0.3, -0.25) is 9.78 Å². The zero-order valence-corrected chi connectivity index (χ0v) is 25.3. The molecule has 3 N–H and O–H groups in total. The second kappa shape index (κ2) is 14.1. The maximum Gasteiger partial charge on any atom is 0.320 e. The van der Waals surface area contributed by atoms with E-state index in [-0.39, 0.29) is 30.9 Å². The second-order valence-electron chi connectivity index (χ2n) is 12.2. The number of aliphatic hydroxyl groups excluding tert-OH is 2. The number of carbonyl (C=O) groups is 2. The van der Waals surface area contributed by atoms with E-state index in [1.54, 1.807) is 17.3 Å². The van der Waals surface area contributed by atoms with Crippen molar-refractivity contribution in [3.63, 3.8) is 0 Å². The second-order valence-corrected chi connectivity index (χ2v) is 12.2. The van der Waals surface area contributed by atoms with Gasteiger partial charge in [0.15, 0.2) is 0 Å². The molecule has 1 fully saturated rings. The molecule has 45 heavy (non-hydrogen) atoms. The number of pyridine rings is 1. The first-order valence-corrected chi connectivity index (χ1v) is 15.7. The monoisotopic (exact) mass is 604 g/mol. The quantitative estimate of drug-likeness (QED) is 0.224. The number of hydrogen-bond acceptors (Lipinski definition) is 5. The number of β-amino-alcohol motifs (C(OH)–C–C–N with tert-alkyl or cyclic N) is 1. The van der Waals surface area contributed by atoms with E-state index >= 15 is 0 Å². The van der Waals surface area contributed by atoms with Crippen LogP contribution in [-0.4, -0.2) is 68.3 Å². The smallest absolute Gasteiger partial charge is 0.320 e. The van der Waals surface area contributed by atoms with Crippen molar-refractivity contribution in [3.05, 3.63) is 137 Å². The Labute approximate surface area is 264 Å². The average molecular weight is 605 g/mol. The van der Waals surface area contributed by atoms with E-state index in [4.69, 9.17) is 0 Å². The van der Waals surface area contributed by atoms with Gasteiger partial charge in [-0.25, -0.2) is 4.79 Å². The van der Waals surface area contributed by atoms with Crippen LogP contribution in [-0.2, 0) is 30.6 Å². The largest absolute Gasteiger partial charge is 0.391 e. The maximum atomic E-state index is 13.8. The third kappa shape index (κ3) is 7.41. The van der Waals surface area contributed by atoms with Crippen molar-refractivity contribution in [2.45, 2.75) is 56.5 Å². The molecule has 5 atom stereocenters. The van der Waals surface area contributed by atoms with Gasteiger partial charge in [0.05, 0.1) is 24.3 Å². The summed E-state index contributed by atoms with van der Waals surface area (Å²) in [6.07, 6.45) is 3.58. The van der Waals surface area contributed by atoms with Crippen molar-refractivity contribution in [3.8, 4) is 0 Å². The van der Waals surface area contributed by atoms with Crippen LogP contribution in [0.1, 0.15) is 40.3 Å². The van der Waals surface area contributed by atoms with E-state index in [1.165, 1.54) is 0 Å². The van der Waals surface area contributed by atoms with Crippen LogP contribution in [0.15, 0.2) is 109 Å². The van der Waals surface area contributed by atoms with E-state index in [0.29, 0.717) is 32.4 Å². The summed E-state index contributed by atoms with van der Waals surface area (Å²) in [6, 6.07) is 30.7. The first-order valence-electron chi connectivity index (χ1n) is 15.7. The molecular weight excluding hydrogens is 564 g/mol. The third-order valence-corrected chi connectivity index (χ3v) is 8.99. The molecule has 4 aromatic rings. The zero-order valence-electron chi connectivity index (χ0n) is 25.3. The molecule has 0 saturated carbocycles. The fraction of sp³-hybridized carbons (Fsp3) is 0.324. The van der Waals surface area contributed by atoms with E-state index in [0.717, 1.165) is 27.8 Å². The number of benzene rings is 3. The summed E-state index contributed by atoms with van der Waals surface area (Å²) in [5.41, 5.74) is 5.06. The van der Waals surface area contributed by atoms with Gasteiger partial charge in [-0.05, 0) is 59.2 Å². The Morgan fingerprint density at radius 2 is 1.56 bits per heavy atom. The van der Waals surface area contributed by atoms with Crippen LogP contribution in [0.2, 0.25) is 0 Å². The van der Waals surface area contributed by atoms with Crippen molar-refractivity contribution in [2.24, 2.45) is 5.92 Å². The molecule has 0 unspecified atom stereocenters. The first kappa shape index (κ1) is 30.5. The Balaban J connectivity index is 1.18. The lowest BCUT2D eigenvalue weighted by atomic mass is 9.91. The molecule has 1 aromatic heterocycles. The fourth-order valence-corrected chi connectivity index (χ4v) is 6.73. The van der Waals surface area contributed by atoms with Crippen LogP contribution in [0.3, 0.4) is 0 Å². The van der Waals surface area contributed by atoms with Crippen LogP contribution in [0.5, 0.6) is 0 Å². The third-order valence-electron chi connectivity index (χ3n) is 8.99. The molecule has 0 bridgehead atoms. The highest BCUT2D eigenvalue weighted by Gasteiger charge is 2.39. The lowest BCUT2D eigenvalue weighted by Gasteiger charge is -2.28. The van der Waals surface area contributed by atoms with Crippen molar-refractivity contribution in [1.82, 2.24) is 20.1 Å². The summed E-state index contributed by atoms with van der Waals surface area (Å²) < 4.78 is 0. The van der Waals surface area contributed by atoms with E-state index in [9.17, 15) is 19.8 Å². The molecule has 0 radical (unpaired) electrons. The van der Waals surface area contributed by atoms with Gasteiger partial charge in [-0.2, -0.15) is 0 Å². The van der Waals surface area contributed by atoms with Crippen LogP contribution in [0.4, 0.5) is 4.79 Å². The molecule has 1 saturated heterocycles. The minimum absolute atomic E-state index is 0.122. The summed E-state index contributed by atoms with van der Waals surface area (Å²) in [6.45, 7) is 1.12. The highest BCUT2D eigenvalue weighted by atomic mass is 16.3. The Morgan fingerprint density at radius 3 is 2.29 bits per heavy atom. The number of aliphatic hydroxyl groups is 2. The van der Waals surface area contributed by atoms with Crippen LogP contribution in [0.25, 0.3) is 0 Å². The molecular formula is C37H40N4O4. The number of nitrogens with one attached hydrogen (secondary N) is 1. The topological polar surface area (TPSA) is 106 Å². The summed E-state index contributed by atoms with van der Waals surface area (Å²) in [5, 5.41) is 25.4. The molecule has 1 aliphatic carbocycles. The number of aromatic nitrogens is 1. The number of urea groups is 1. The van der Waals surface area contributed by atoms with E-state index in [1.807, 2.05) is 89.8 Å². The van der Waals surface area contributed by atoms with Crippen molar-refractivity contribution < 1.29 is 19.8 Å². The van der Waals surface area contributed by atoms with Crippen molar-refractivity contribution in [2.75, 3.05) is 13.1 Å². The number of nitrogens with zero attached hydrogens (tertiary/aromatic N) is 3. The number of hydrogen-bond donors (Lipinski definition) is 3. The Kier molecular flexibility index (Phi) is 9.52. The molecule has 3 aromatic carbocycles. The highest BCUT2D eigenvalue weighted by Crippen LogP contribution is 2.32. The number of amides is 3. The molecule has 2 heterocycles. The molecule has 1 aliphatic heterocycles. The predicted octanol–water partition coefficient (Wildman–Crippen LogP) is 4.31. The first-order chi connectivity index (χ1) is 21.9. The normalized spacial score (nSPS) is 20.6. The van der Waals surface area contributed by atoms with Gasteiger partial charge in [0, 0.05) is 44.4 Å². The molecule has 3 amide bonds. The van der Waals surface area contributed by atoms with E-state index < -0.39 is 24.2 Å². The van der Waals surface area contributed by atoms with Gasteiger partial charge in [-0.1, -0.05) is 84.9 Å². The summed E-state index contributed by atoms with van der Waals surface area (Å²) in [4.78, 5) is 35.3. The predicted molar refractivity (Wildman–Crippen MR) is 172 cm³/mol. The van der Waals surface area contributed by atoms with Gasteiger partial charge in [0.2, 0.25) is 5.91 Å². The van der Waals surface area contributed by atoms with Crippen LogP contribution in [0, 0.1) is 5.92 Å².